The fourth-order valence-electron chi connectivity index (χ4n) is 4.09. The Kier molecular flexibility index (Phi) is 6.86. The zero-order valence-electron chi connectivity index (χ0n) is 20.2. The van der Waals surface area contributed by atoms with Crippen LogP contribution < -0.4 is 9.47 Å². The molecular weight excluding hydrogens is 472 g/mol. The molecule has 2 aliphatic heterocycles. The zero-order chi connectivity index (χ0) is 25.1. The number of hydrogen-bond donors (Lipinski definition) is 1. The van der Waals surface area contributed by atoms with Crippen molar-refractivity contribution >= 4 is 50.6 Å². The summed E-state index contributed by atoms with van der Waals surface area (Å²) in [6.07, 6.45) is 3.38. The van der Waals surface area contributed by atoms with Gasteiger partial charge in [0.2, 0.25) is 5.17 Å². The Morgan fingerprint density at radius 2 is 1.86 bits per heavy atom. The van der Waals surface area contributed by atoms with Gasteiger partial charge in [-0.05, 0) is 71.6 Å². The van der Waals surface area contributed by atoms with Crippen molar-refractivity contribution < 1.29 is 14.3 Å². The minimum Gasteiger partial charge on any atom is -0.490 e. The molecule has 36 heavy (non-hydrogen) atoms. The fourth-order valence-corrected chi connectivity index (χ4v) is 5.08. The van der Waals surface area contributed by atoms with Gasteiger partial charge in [0.05, 0.1) is 12.2 Å². The van der Waals surface area contributed by atoms with Crippen LogP contribution in [0.15, 0.2) is 76.3 Å². The second kappa shape index (κ2) is 10.4. The number of carbonyl (C=O) groups excluding carboxylic acids is 1. The number of thioether (sulfide) groups is 1. The summed E-state index contributed by atoms with van der Waals surface area (Å²) in [5, 5.41) is 18.1. The van der Waals surface area contributed by atoms with Crippen molar-refractivity contribution in [1.29, 1.82) is 5.41 Å². The number of rotatable bonds is 8. The smallest absolute Gasteiger partial charge is 0.283 e. The number of nitrogens with zero attached hydrogens (tertiary/aromatic N) is 3. The molecule has 8 heteroatoms. The van der Waals surface area contributed by atoms with Crippen LogP contribution in [0.4, 0.5) is 0 Å². The quantitative estimate of drug-likeness (QED) is 0.372. The topological polar surface area (TPSA) is 87.3 Å². The van der Waals surface area contributed by atoms with Crippen LogP contribution in [-0.4, -0.2) is 33.6 Å². The largest absolute Gasteiger partial charge is 0.490 e. The minimum absolute atomic E-state index is 0.0258. The lowest BCUT2D eigenvalue weighted by atomic mass is 10.1. The van der Waals surface area contributed by atoms with Gasteiger partial charge < -0.3 is 9.47 Å². The van der Waals surface area contributed by atoms with E-state index in [0.717, 1.165) is 28.8 Å². The van der Waals surface area contributed by atoms with Crippen LogP contribution >= 0.6 is 11.8 Å². The fraction of sp³-hybridized carbons (Fsp3) is 0.214. The molecule has 0 atom stereocenters. The Balaban J connectivity index is 1.39. The number of hydrogen-bond acceptors (Lipinski definition) is 6. The van der Waals surface area contributed by atoms with Gasteiger partial charge >= 0.3 is 0 Å². The third-order valence-electron chi connectivity index (χ3n) is 5.80. The second-order valence-electron chi connectivity index (χ2n) is 8.33. The average molecular weight is 499 g/mol. The van der Waals surface area contributed by atoms with Crippen molar-refractivity contribution in [3.05, 3.63) is 77.4 Å². The molecule has 182 valence electrons. The molecule has 0 saturated heterocycles. The second-order valence-corrected chi connectivity index (χ2v) is 9.37. The maximum absolute atomic E-state index is 12.7. The van der Waals surface area contributed by atoms with Gasteiger partial charge in [0.15, 0.2) is 17.3 Å². The van der Waals surface area contributed by atoms with E-state index in [9.17, 15) is 4.79 Å². The van der Waals surface area contributed by atoms with E-state index in [1.165, 1.54) is 22.2 Å². The first-order valence-electron chi connectivity index (χ1n) is 11.9. The van der Waals surface area contributed by atoms with Gasteiger partial charge in [-0.3, -0.25) is 10.2 Å². The Morgan fingerprint density at radius 3 is 2.69 bits per heavy atom. The molecule has 7 nitrogen and oxygen atoms in total. The van der Waals surface area contributed by atoms with Crippen LogP contribution in [0, 0.1) is 5.41 Å². The summed E-state index contributed by atoms with van der Waals surface area (Å²) < 4.78 is 12.0. The zero-order valence-corrected chi connectivity index (χ0v) is 21.0. The third-order valence-corrected chi connectivity index (χ3v) is 6.77. The molecule has 0 spiro atoms. The van der Waals surface area contributed by atoms with Crippen LogP contribution in [0.2, 0.25) is 0 Å². The summed E-state index contributed by atoms with van der Waals surface area (Å²) in [6.45, 7) is 4.84. The van der Waals surface area contributed by atoms with Crippen LogP contribution in [0.1, 0.15) is 37.8 Å². The molecule has 2 aliphatic rings. The number of ether oxygens (including phenoxy) is 2. The SMILES string of the molecule is CCCC1=NN2C(=N)C(=Cc3ccc(OCc4cccc5ccccc45)c(OCC)c3)C(=O)N=C2S1. The maximum Gasteiger partial charge on any atom is 0.283 e. The summed E-state index contributed by atoms with van der Waals surface area (Å²) >= 11 is 1.35. The molecule has 0 aromatic heterocycles. The lowest BCUT2D eigenvalue weighted by molar-refractivity contribution is -0.114. The highest BCUT2D eigenvalue weighted by atomic mass is 32.2. The molecule has 0 radical (unpaired) electrons. The number of benzene rings is 3. The number of fused-ring (bicyclic) bond motifs is 2. The van der Waals surface area contributed by atoms with E-state index in [0.29, 0.717) is 35.4 Å². The number of amides is 1. The van der Waals surface area contributed by atoms with E-state index in [4.69, 9.17) is 14.9 Å². The molecule has 0 aliphatic carbocycles. The van der Waals surface area contributed by atoms with E-state index >= 15 is 0 Å². The van der Waals surface area contributed by atoms with Crippen LogP contribution in [0.3, 0.4) is 0 Å². The molecule has 1 amide bonds. The van der Waals surface area contributed by atoms with E-state index in [1.807, 2.05) is 43.3 Å². The summed E-state index contributed by atoms with van der Waals surface area (Å²) in [4.78, 5) is 16.9. The van der Waals surface area contributed by atoms with Crippen molar-refractivity contribution in [3.63, 3.8) is 0 Å². The molecule has 0 saturated carbocycles. The molecule has 0 fully saturated rings. The number of hydrazone groups is 1. The standard InChI is InChI=1S/C28H26N4O3S/c1-3-8-25-31-32-26(29)22(27(33)30-28(32)36-25)15-18-13-14-23(24(16-18)34-4-2)35-17-20-11-7-10-19-9-5-6-12-21(19)20/h5-7,9-16,29H,3-4,8,17H2,1-2H3. The van der Waals surface area contributed by atoms with Crippen LogP contribution in [0.5, 0.6) is 11.5 Å². The van der Waals surface area contributed by atoms with E-state index in [1.54, 1.807) is 6.08 Å². The van der Waals surface area contributed by atoms with Crippen LogP contribution in [-0.2, 0) is 11.4 Å². The number of carbonyl (C=O) groups is 1. The number of nitrogens with one attached hydrogen (secondary N) is 1. The maximum atomic E-state index is 12.7. The highest BCUT2D eigenvalue weighted by molar-refractivity contribution is 8.26. The molecule has 5 rings (SSSR count). The lowest BCUT2D eigenvalue weighted by Crippen LogP contribution is -2.35. The molecular formula is C28H26N4O3S. The molecule has 0 bridgehead atoms. The first kappa shape index (κ1) is 23.8. The third kappa shape index (κ3) is 4.77. The Morgan fingerprint density at radius 1 is 1.03 bits per heavy atom. The average Bonchev–Trinajstić information content (AvgIpc) is 3.29. The Labute approximate surface area is 214 Å². The van der Waals surface area contributed by atoms with E-state index < -0.39 is 5.91 Å². The molecule has 0 unspecified atom stereocenters. The van der Waals surface area contributed by atoms with Crippen molar-refractivity contribution in [2.75, 3.05) is 6.61 Å². The number of aliphatic imine (C=N–C) groups is 1. The predicted octanol–water partition coefficient (Wildman–Crippen LogP) is 6.24. The highest BCUT2D eigenvalue weighted by Gasteiger charge is 2.35. The molecule has 2 heterocycles. The van der Waals surface area contributed by atoms with Gasteiger partial charge in [-0.15, -0.1) is 0 Å². The Hall–Kier alpha value is -3.91. The summed E-state index contributed by atoms with van der Waals surface area (Å²) in [5.74, 6) is 0.770. The first-order valence-corrected chi connectivity index (χ1v) is 12.7. The molecule has 1 N–H and O–H groups in total. The lowest BCUT2D eigenvalue weighted by Gasteiger charge is -2.20. The monoisotopic (exact) mass is 498 g/mol. The van der Waals surface area contributed by atoms with E-state index in [-0.39, 0.29) is 11.4 Å². The summed E-state index contributed by atoms with van der Waals surface area (Å²) in [5.41, 5.74) is 1.99. The van der Waals surface area contributed by atoms with Gasteiger partial charge in [-0.1, -0.05) is 55.5 Å². The number of amidine groups is 2. The molecule has 3 aromatic rings. The van der Waals surface area contributed by atoms with Gasteiger partial charge in [-0.2, -0.15) is 15.1 Å². The van der Waals surface area contributed by atoms with Crippen molar-refractivity contribution in [2.24, 2.45) is 10.1 Å². The first-order chi connectivity index (χ1) is 17.6. The van der Waals surface area contributed by atoms with E-state index in [2.05, 4.69) is 41.3 Å². The van der Waals surface area contributed by atoms with Gasteiger partial charge in [0, 0.05) is 0 Å². The van der Waals surface area contributed by atoms with Gasteiger partial charge in [-0.25, -0.2) is 0 Å². The molecule has 3 aromatic carbocycles. The van der Waals surface area contributed by atoms with Crippen molar-refractivity contribution in [2.45, 2.75) is 33.3 Å². The minimum atomic E-state index is -0.444. The Bertz CT molecular complexity index is 1440. The highest BCUT2D eigenvalue weighted by Crippen LogP contribution is 2.33. The van der Waals surface area contributed by atoms with Crippen molar-refractivity contribution in [3.8, 4) is 11.5 Å². The summed E-state index contributed by atoms with van der Waals surface area (Å²) in [7, 11) is 0. The van der Waals surface area contributed by atoms with Crippen LogP contribution in [0.25, 0.3) is 16.8 Å². The van der Waals surface area contributed by atoms with Crippen molar-refractivity contribution in [1.82, 2.24) is 5.01 Å². The van der Waals surface area contributed by atoms with Gasteiger partial charge in [0.1, 0.15) is 11.7 Å². The normalized spacial score (nSPS) is 16.3. The summed E-state index contributed by atoms with van der Waals surface area (Å²) in [6, 6.07) is 19.9. The predicted molar refractivity (Wildman–Crippen MR) is 146 cm³/mol. The van der Waals surface area contributed by atoms with Gasteiger partial charge in [0.25, 0.3) is 5.91 Å².